The Bertz CT molecular complexity index is 438. The second-order valence-corrected chi connectivity index (χ2v) is 5.72. The quantitative estimate of drug-likeness (QED) is 0.355. The SMILES string of the molecule is CCOc1ccc([N+](=O)[O-])cc1CN(CCBr)CCBr. The van der Waals surface area contributed by atoms with Crippen LogP contribution in [0.3, 0.4) is 0 Å². The molecule has 0 saturated heterocycles. The Morgan fingerprint density at radius 2 is 1.95 bits per heavy atom. The third-order valence-corrected chi connectivity index (χ3v) is 3.46. The van der Waals surface area contributed by atoms with Crippen LogP contribution in [0.5, 0.6) is 5.75 Å². The van der Waals surface area contributed by atoms with Gasteiger partial charge in [-0.05, 0) is 13.0 Å². The van der Waals surface area contributed by atoms with E-state index >= 15 is 0 Å². The summed E-state index contributed by atoms with van der Waals surface area (Å²) in [6.45, 7) is 4.83. The lowest BCUT2D eigenvalue weighted by molar-refractivity contribution is -0.385. The van der Waals surface area contributed by atoms with Gasteiger partial charge in [0, 0.05) is 48.0 Å². The van der Waals surface area contributed by atoms with Gasteiger partial charge in [0.05, 0.1) is 11.5 Å². The van der Waals surface area contributed by atoms with Crippen molar-refractivity contribution in [1.29, 1.82) is 0 Å². The molecule has 0 aliphatic carbocycles. The normalized spacial score (nSPS) is 10.8. The van der Waals surface area contributed by atoms with E-state index in [1.807, 2.05) is 6.92 Å². The molecule has 7 heteroatoms. The number of hydrogen-bond acceptors (Lipinski definition) is 4. The van der Waals surface area contributed by atoms with Gasteiger partial charge in [-0.25, -0.2) is 0 Å². The fraction of sp³-hybridized carbons (Fsp3) is 0.538. The van der Waals surface area contributed by atoms with E-state index in [2.05, 4.69) is 36.8 Å². The minimum absolute atomic E-state index is 0.0982. The summed E-state index contributed by atoms with van der Waals surface area (Å²) in [5.74, 6) is 0.715. The molecule has 1 aromatic rings. The minimum atomic E-state index is -0.376. The molecular formula is C13H18Br2N2O3. The van der Waals surface area contributed by atoms with Gasteiger partial charge in [-0.3, -0.25) is 15.0 Å². The van der Waals surface area contributed by atoms with Crippen LogP contribution < -0.4 is 4.74 Å². The summed E-state index contributed by atoms with van der Waals surface area (Å²) in [6.07, 6.45) is 0. The van der Waals surface area contributed by atoms with Crippen LogP contribution >= 0.6 is 31.9 Å². The van der Waals surface area contributed by atoms with Crippen LogP contribution in [0.25, 0.3) is 0 Å². The van der Waals surface area contributed by atoms with Crippen molar-refractivity contribution in [2.75, 3.05) is 30.4 Å². The molecule has 0 spiro atoms. The molecule has 0 radical (unpaired) electrons. The maximum atomic E-state index is 10.9. The van der Waals surface area contributed by atoms with Crippen LogP contribution in [0.2, 0.25) is 0 Å². The number of nitrogens with zero attached hydrogens (tertiary/aromatic N) is 2. The van der Waals surface area contributed by atoms with Gasteiger partial charge in [-0.1, -0.05) is 31.9 Å². The molecule has 5 nitrogen and oxygen atoms in total. The fourth-order valence-electron chi connectivity index (χ4n) is 1.85. The first kappa shape index (κ1) is 17.4. The Kier molecular flexibility index (Phi) is 8.09. The van der Waals surface area contributed by atoms with E-state index in [0.717, 1.165) is 29.3 Å². The van der Waals surface area contributed by atoms with Crippen molar-refractivity contribution in [3.05, 3.63) is 33.9 Å². The monoisotopic (exact) mass is 408 g/mol. The standard InChI is InChI=1S/C13H18Br2N2O3/c1-2-20-13-4-3-12(17(18)19)9-11(13)10-16(7-5-14)8-6-15/h3-4,9H,2,5-8,10H2,1H3. The molecule has 20 heavy (non-hydrogen) atoms. The summed E-state index contributed by atoms with van der Waals surface area (Å²) < 4.78 is 5.56. The molecule has 0 aromatic heterocycles. The van der Waals surface area contributed by atoms with Gasteiger partial charge >= 0.3 is 0 Å². The topological polar surface area (TPSA) is 55.6 Å². The third-order valence-electron chi connectivity index (χ3n) is 2.75. The van der Waals surface area contributed by atoms with Crippen LogP contribution in [0.1, 0.15) is 12.5 Å². The number of nitro benzene ring substituents is 1. The Morgan fingerprint density at radius 3 is 2.45 bits per heavy atom. The van der Waals surface area contributed by atoms with E-state index in [1.165, 1.54) is 6.07 Å². The van der Waals surface area contributed by atoms with Gasteiger partial charge < -0.3 is 4.74 Å². The zero-order valence-corrected chi connectivity index (χ0v) is 14.5. The summed E-state index contributed by atoms with van der Waals surface area (Å²) in [5.41, 5.74) is 0.948. The van der Waals surface area contributed by atoms with Crippen LogP contribution in [0.4, 0.5) is 5.69 Å². The highest BCUT2D eigenvalue weighted by atomic mass is 79.9. The second-order valence-electron chi connectivity index (χ2n) is 4.14. The lowest BCUT2D eigenvalue weighted by Gasteiger charge is -2.21. The summed E-state index contributed by atoms with van der Waals surface area (Å²) in [6, 6.07) is 4.76. The number of nitro groups is 1. The van der Waals surface area contributed by atoms with Crippen LogP contribution in [-0.4, -0.2) is 40.2 Å². The predicted molar refractivity (Wildman–Crippen MR) is 87.1 cm³/mol. The molecule has 0 aliphatic rings. The number of non-ortho nitro benzene ring substituents is 1. The predicted octanol–water partition coefficient (Wildman–Crippen LogP) is 3.59. The number of ether oxygens (including phenoxy) is 1. The maximum Gasteiger partial charge on any atom is 0.270 e. The molecule has 1 aromatic carbocycles. The van der Waals surface area contributed by atoms with Gasteiger partial charge in [-0.15, -0.1) is 0 Å². The second kappa shape index (κ2) is 9.31. The van der Waals surface area contributed by atoms with Crippen molar-refractivity contribution in [1.82, 2.24) is 4.90 Å². The van der Waals surface area contributed by atoms with Crippen LogP contribution in [0, 0.1) is 10.1 Å². The highest BCUT2D eigenvalue weighted by Gasteiger charge is 2.14. The van der Waals surface area contributed by atoms with E-state index in [1.54, 1.807) is 12.1 Å². The molecular weight excluding hydrogens is 392 g/mol. The first-order valence-electron chi connectivity index (χ1n) is 6.36. The maximum absolute atomic E-state index is 10.9. The lowest BCUT2D eigenvalue weighted by Crippen LogP contribution is -2.27. The van der Waals surface area contributed by atoms with Gasteiger partial charge in [0.1, 0.15) is 5.75 Å². The lowest BCUT2D eigenvalue weighted by atomic mass is 10.1. The number of hydrogen-bond donors (Lipinski definition) is 0. The average Bonchev–Trinajstić information content (AvgIpc) is 2.41. The van der Waals surface area contributed by atoms with Gasteiger partial charge in [0.2, 0.25) is 0 Å². The van der Waals surface area contributed by atoms with E-state index < -0.39 is 0 Å². The van der Waals surface area contributed by atoms with Gasteiger partial charge in [0.25, 0.3) is 5.69 Å². The average molecular weight is 410 g/mol. The summed E-state index contributed by atoms with van der Waals surface area (Å²) >= 11 is 6.85. The van der Waals surface area contributed by atoms with Crippen LogP contribution in [0.15, 0.2) is 18.2 Å². The molecule has 0 bridgehead atoms. The highest BCUT2D eigenvalue weighted by molar-refractivity contribution is 9.09. The van der Waals surface area contributed by atoms with Crippen molar-refractivity contribution >= 4 is 37.5 Å². The molecule has 0 fully saturated rings. The fourth-order valence-corrected chi connectivity index (χ4v) is 2.85. The molecule has 112 valence electrons. The van der Waals surface area contributed by atoms with E-state index in [9.17, 15) is 10.1 Å². The van der Waals surface area contributed by atoms with Crippen molar-refractivity contribution < 1.29 is 9.66 Å². The van der Waals surface area contributed by atoms with E-state index in [4.69, 9.17) is 4.74 Å². The van der Waals surface area contributed by atoms with Crippen LogP contribution in [-0.2, 0) is 6.54 Å². The first-order valence-corrected chi connectivity index (χ1v) is 8.61. The van der Waals surface area contributed by atoms with E-state index in [0.29, 0.717) is 18.9 Å². The Labute approximate surface area is 135 Å². The summed E-state index contributed by atoms with van der Waals surface area (Å²) in [7, 11) is 0. The number of alkyl halides is 2. The molecule has 0 N–H and O–H groups in total. The molecule has 0 aliphatic heterocycles. The van der Waals surface area contributed by atoms with Gasteiger partial charge in [-0.2, -0.15) is 0 Å². The van der Waals surface area contributed by atoms with Crippen molar-refractivity contribution in [2.24, 2.45) is 0 Å². The molecule has 0 atom stereocenters. The number of rotatable bonds is 9. The summed E-state index contributed by atoms with van der Waals surface area (Å²) in [5, 5.41) is 12.6. The summed E-state index contributed by atoms with van der Waals surface area (Å²) in [4.78, 5) is 12.7. The number of benzene rings is 1. The molecule has 0 unspecified atom stereocenters. The van der Waals surface area contributed by atoms with Crippen molar-refractivity contribution in [3.8, 4) is 5.75 Å². The first-order chi connectivity index (χ1) is 9.62. The largest absolute Gasteiger partial charge is 0.494 e. The van der Waals surface area contributed by atoms with Gasteiger partial charge in [0.15, 0.2) is 0 Å². The van der Waals surface area contributed by atoms with Crippen molar-refractivity contribution in [2.45, 2.75) is 13.5 Å². The Morgan fingerprint density at radius 1 is 1.30 bits per heavy atom. The van der Waals surface area contributed by atoms with Crippen molar-refractivity contribution in [3.63, 3.8) is 0 Å². The smallest absolute Gasteiger partial charge is 0.270 e. The number of halogens is 2. The molecule has 1 rings (SSSR count). The molecule has 0 amide bonds. The Hall–Kier alpha value is -0.660. The zero-order chi connectivity index (χ0) is 15.0. The van der Waals surface area contributed by atoms with E-state index in [-0.39, 0.29) is 10.6 Å². The molecule has 0 saturated carbocycles. The highest BCUT2D eigenvalue weighted by Crippen LogP contribution is 2.25. The Balaban J connectivity index is 2.97. The molecule has 0 heterocycles. The minimum Gasteiger partial charge on any atom is -0.494 e. The third kappa shape index (κ3) is 5.38. The zero-order valence-electron chi connectivity index (χ0n) is 11.3.